The second-order valence-corrected chi connectivity index (χ2v) is 7.19. The topological polar surface area (TPSA) is 132 Å². The SMILES string of the molecule is CCOP(=O)(O)C(=Nc1cccc(C)n1)[P+](O)(O)O. The summed E-state index contributed by atoms with van der Waals surface area (Å²) in [6.07, 6.45) is 0. The summed E-state index contributed by atoms with van der Waals surface area (Å²) < 4.78 is 16.3. The molecule has 1 aromatic rings. The van der Waals surface area contributed by atoms with Crippen LogP contribution in [0.15, 0.2) is 23.2 Å². The van der Waals surface area contributed by atoms with Crippen LogP contribution in [0.2, 0.25) is 0 Å². The van der Waals surface area contributed by atoms with Crippen molar-refractivity contribution in [1.29, 1.82) is 0 Å². The Bertz CT molecular complexity index is 528. The van der Waals surface area contributed by atoms with Gasteiger partial charge in [-0.1, -0.05) is 6.07 Å². The van der Waals surface area contributed by atoms with E-state index in [2.05, 4.69) is 14.5 Å². The Kier molecular flexibility index (Phi) is 5.29. The predicted octanol–water partition coefficient (Wildman–Crippen LogP) is 1.34. The minimum atomic E-state index is -4.79. The molecular weight excluding hydrogens is 294 g/mol. The molecule has 0 aromatic carbocycles. The van der Waals surface area contributed by atoms with E-state index in [9.17, 15) is 24.1 Å². The molecule has 1 atom stereocenters. The lowest BCUT2D eigenvalue weighted by Gasteiger charge is -2.12. The monoisotopic (exact) mass is 309 g/mol. The predicted molar refractivity (Wildman–Crippen MR) is 71.1 cm³/mol. The quantitative estimate of drug-likeness (QED) is 0.476. The van der Waals surface area contributed by atoms with Crippen LogP contribution in [0.5, 0.6) is 0 Å². The molecule has 0 saturated heterocycles. The first-order valence-corrected chi connectivity index (χ1v) is 8.47. The average molecular weight is 309 g/mol. The summed E-state index contributed by atoms with van der Waals surface area (Å²) in [5.74, 6) is -0.0366. The summed E-state index contributed by atoms with van der Waals surface area (Å²) in [4.78, 5) is 44.7. The van der Waals surface area contributed by atoms with Crippen molar-refractivity contribution < 1.29 is 28.7 Å². The second-order valence-electron chi connectivity index (χ2n) is 3.56. The van der Waals surface area contributed by atoms with Gasteiger partial charge in [0.15, 0.2) is 5.82 Å². The van der Waals surface area contributed by atoms with Crippen LogP contribution in [0.1, 0.15) is 12.6 Å². The third kappa shape index (κ3) is 4.71. The zero-order chi connectivity index (χ0) is 14.7. The first-order valence-electron chi connectivity index (χ1n) is 5.25. The number of hydrogen-bond acceptors (Lipinski definition) is 7. The molecule has 0 amide bonds. The van der Waals surface area contributed by atoms with Crippen LogP contribution in [0.25, 0.3) is 0 Å². The fourth-order valence-electron chi connectivity index (χ4n) is 1.23. The molecule has 4 N–H and O–H groups in total. The third-order valence-corrected chi connectivity index (χ3v) is 5.33. The van der Waals surface area contributed by atoms with Crippen molar-refractivity contribution in [3.05, 3.63) is 23.9 Å². The Balaban J connectivity index is 3.30. The summed E-state index contributed by atoms with van der Waals surface area (Å²) in [5, 5.41) is -1.10. The standard InChI is InChI=1S/C9H14N2O6P2/c1-3-17-19(15,16)9(18(12,13)14)11-8-6-4-5-7(2)10-8/h4-6,12-14H,3H2,1-2H3/p+1. The van der Waals surface area contributed by atoms with Crippen molar-refractivity contribution in [3.8, 4) is 0 Å². The van der Waals surface area contributed by atoms with Crippen molar-refractivity contribution in [2.45, 2.75) is 13.8 Å². The van der Waals surface area contributed by atoms with Gasteiger partial charge in [-0.25, -0.2) is 9.55 Å². The molecule has 0 fully saturated rings. The van der Waals surface area contributed by atoms with Gasteiger partial charge in [0.05, 0.1) is 6.61 Å². The molecule has 19 heavy (non-hydrogen) atoms. The van der Waals surface area contributed by atoms with Gasteiger partial charge in [-0.15, -0.1) is 0 Å². The molecule has 1 unspecified atom stereocenters. The summed E-state index contributed by atoms with van der Waals surface area (Å²) in [5.41, 5.74) is 0.572. The summed E-state index contributed by atoms with van der Waals surface area (Å²) in [6, 6.07) is 4.63. The molecule has 1 aromatic heterocycles. The molecule has 0 aliphatic rings. The van der Waals surface area contributed by atoms with Gasteiger partial charge in [0, 0.05) is 5.69 Å². The van der Waals surface area contributed by atoms with Gasteiger partial charge in [0.2, 0.25) is 0 Å². The normalized spacial score (nSPS) is 16.2. The van der Waals surface area contributed by atoms with E-state index in [1.54, 1.807) is 19.1 Å². The largest absolute Gasteiger partial charge is 0.469 e. The Morgan fingerprint density at radius 1 is 1.47 bits per heavy atom. The maximum Gasteiger partial charge on any atom is 0.469 e. The average Bonchev–Trinajstić information content (AvgIpc) is 2.24. The van der Waals surface area contributed by atoms with E-state index in [1.807, 2.05) is 0 Å². The highest BCUT2D eigenvalue weighted by molar-refractivity contribution is 8.00. The van der Waals surface area contributed by atoms with Crippen LogP contribution in [0.4, 0.5) is 5.82 Å². The van der Waals surface area contributed by atoms with E-state index in [1.165, 1.54) is 13.0 Å². The zero-order valence-corrected chi connectivity index (χ0v) is 12.1. The fraction of sp³-hybridized carbons (Fsp3) is 0.333. The van der Waals surface area contributed by atoms with Gasteiger partial charge in [0.25, 0.3) is 0 Å². The number of aromatic nitrogens is 1. The van der Waals surface area contributed by atoms with Crippen LogP contribution >= 0.6 is 15.5 Å². The van der Waals surface area contributed by atoms with Crippen molar-refractivity contribution in [3.63, 3.8) is 0 Å². The lowest BCUT2D eigenvalue weighted by atomic mass is 10.4. The molecular formula is C9H15N2O6P2+. The smallest absolute Gasteiger partial charge is 0.317 e. The lowest BCUT2D eigenvalue weighted by Crippen LogP contribution is -2.08. The van der Waals surface area contributed by atoms with Crippen LogP contribution < -0.4 is 0 Å². The van der Waals surface area contributed by atoms with Crippen molar-refractivity contribution in [2.75, 3.05) is 6.61 Å². The van der Waals surface area contributed by atoms with Gasteiger partial charge in [-0.2, -0.15) is 19.7 Å². The first kappa shape index (κ1) is 16.3. The number of hydrogen-bond donors (Lipinski definition) is 4. The summed E-state index contributed by atoms with van der Waals surface area (Å²) in [6.45, 7) is 2.95. The van der Waals surface area contributed by atoms with Crippen molar-refractivity contribution in [2.24, 2.45) is 4.99 Å². The molecule has 0 spiro atoms. The van der Waals surface area contributed by atoms with E-state index in [0.717, 1.165) is 0 Å². The zero-order valence-electron chi connectivity index (χ0n) is 10.3. The Morgan fingerprint density at radius 3 is 2.58 bits per heavy atom. The number of aliphatic imine (C=N–C) groups is 1. The number of aryl methyl sites for hydroxylation is 1. The highest BCUT2D eigenvalue weighted by atomic mass is 31.3. The van der Waals surface area contributed by atoms with E-state index >= 15 is 0 Å². The Morgan fingerprint density at radius 2 is 2.11 bits per heavy atom. The molecule has 0 radical (unpaired) electrons. The first-order chi connectivity index (χ1) is 8.66. The van der Waals surface area contributed by atoms with Gasteiger partial charge in [0.1, 0.15) is 0 Å². The molecule has 10 heteroatoms. The maximum atomic E-state index is 11.8. The lowest BCUT2D eigenvalue weighted by molar-refractivity contribution is 0.285. The maximum absolute atomic E-state index is 11.8. The second kappa shape index (κ2) is 6.15. The van der Waals surface area contributed by atoms with E-state index in [4.69, 9.17) is 0 Å². The van der Waals surface area contributed by atoms with Gasteiger partial charge in [-0.3, -0.25) is 0 Å². The van der Waals surface area contributed by atoms with Crippen LogP contribution in [0.3, 0.4) is 0 Å². The molecule has 8 nitrogen and oxygen atoms in total. The molecule has 1 rings (SSSR count). The number of nitrogens with zero attached hydrogens (tertiary/aromatic N) is 2. The number of pyridine rings is 1. The number of rotatable bonds is 5. The Labute approximate surface area is 110 Å². The van der Waals surface area contributed by atoms with E-state index < -0.39 is 20.7 Å². The fourth-order valence-corrected chi connectivity index (χ4v) is 3.69. The molecule has 1 heterocycles. The molecule has 106 valence electrons. The van der Waals surface area contributed by atoms with Crippen molar-refractivity contribution in [1.82, 2.24) is 4.98 Å². The van der Waals surface area contributed by atoms with Crippen molar-refractivity contribution >= 4 is 26.6 Å². The highest BCUT2D eigenvalue weighted by Crippen LogP contribution is 2.63. The minimum absolute atomic E-state index is 0.0366. The van der Waals surface area contributed by atoms with Crippen LogP contribution in [-0.4, -0.2) is 36.4 Å². The third-order valence-electron chi connectivity index (χ3n) is 1.91. The summed E-state index contributed by atoms with van der Waals surface area (Å²) >= 11 is 0. The minimum Gasteiger partial charge on any atom is -0.317 e. The van der Waals surface area contributed by atoms with E-state index in [-0.39, 0.29) is 12.4 Å². The van der Waals surface area contributed by atoms with Gasteiger partial charge in [-0.05, 0) is 26.0 Å². The highest BCUT2D eigenvalue weighted by Gasteiger charge is 2.53. The van der Waals surface area contributed by atoms with Gasteiger partial charge < -0.3 is 9.42 Å². The molecule has 0 saturated carbocycles. The summed E-state index contributed by atoms with van der Waals surface area (Å²) in [7, 11) is -9.38. The van der Waals surface area contributed by atoms with E-state index in [0.29, 0.717) is 5.69 Å². The molecule has 0 aliphatic carbocycles. The van der Waals surface area contributed by atoms with Crippen LogP contribution in [0, 0.1) is 6.92 Å². The van der Waals surface area contributed by atoms with Gasteiger partial charge >= 0.3 is 20.7 Å². The molecule has 0 aliphatic heterocycles. The Hall–Kier alpha value is -0.720. The van der Waals surface area contributed by atoms with Crippen LogP contribution in [-0.2, 0) is 9.09 Å². The molecule has 0 bridgehead atoms.